The second-order valence-electron chi connectivity index (χ2n) is 7.76. The van der Waals surface area contributed by atoms with Crippen LogP contribution in [0.25, 0.3) is 0 Å². The molecule has 0 aliphatic rings. The SMILES string of the molecule is Cc1ncc(C[C@H](NC(=O)OC(C)(C)C)C(=O)OC(C)(C)C)c(=O)[nH]1. The molecule has 1 rings (SSSR count). The summed E-state index contributed by atoms with van der Waals surface area (Å²) in [5.41, 5.74) is -1.56. The number of nitrogens with one attached hydrogen (secondary N) is 2. The monoisotopic (exact) mass is 353 g/mol. The van der Waals surface area contributed by atoms with Crippen LogP contribution in [0.4, 0.5) is 4.79 Å². The summed E-state index contributed by atoms with van der Waals surface area (Å²) in [5.74, 6) is -0.194. The molecule has 0 unspecified atom stereocenters. The summed E-state index contributed by atoms with van der Waals surface area (Å²) in [6.45, 7) is 11.9. The van der Waals surface area contributed by atoms with E-state index >= 15 is 0 Å². The second-order valence-corrected chi connectivity index (χ2v) is 7.76. The number of aromatic amines is 1. The van der Waals surface area contributed by atoms with Crippen molar-refractivity contribution in [3.05, 3.63) is 27.9 Å². The molecule has 1 aromatic heterocycles. The molecular weight excluding hydrogens is 326 g/mol. The van der Waals surface area contributed by atoms with Gasteiger partial charge in [-0.3, -0.25) is 4.79 Å². The average molecular weight is 353 g/mol. The lowest BCUT2D eigenvalue weighted by Crippen LogP contribution is -2.47. The molecule has 1 aromatic rings. The van der Waals surface area contributed by atoms with Crippen LogP contribution < -0.4 is 10.9 Å². The fourth-order valence-electron chi connectivity index (χ4n) is 1.89. The van der Waals surface area contributed by atoms with Gasteiger partial charge in [0.25, 0.3) is 5.56 Å². The molecular formula is C17H27N3O5. The molecule has 0 saturated heterocycles. The quantitative estimate of drug-likeness (QED) is 0.799. The van der Waals surface area contributed by atoms with Gasteiger partial charge in [0, 0.05) is 18.2 Å². The molecule has 1 heterocycles. The van der Waals surface area contributed by atoms with Gasteiger partial charge in [-0.25, -0.2) is 14.6 Å². The second kappa shape index (κ2) is 7.67. The van der Waals surface area contributed by atoms with Crippen LogP contribution in [-0.4, -0.2) is 39.3 Å². The van der Waals surface area contributed by atoms with E-state index in [2.05, 4.69) is 15.3 Å². The molecule has 0 bridgehead atoms. The van der Waals surface area contributed by atoms with Crippen molar-refractivity contribution in [1.29, 1.82) is 0 Å². The van der Waals surface area contributed by atoms with E-state index in [1.807, 2.05) is 0 Å². The Hall–Kier alpha value is -2.38. The zero-order chi connectivity index (χ0) is 19.4. The van der Waals surface area contributed by atoms with E-state index < -0.39 is 29.3 Å². The number of hydrogen-bond acceptors (Lipinski definition) is 6. The fraction of sp³-hybridized carbons (Fsp3) is 0.647. The molecule has 0 saturated carbocycles. The number of ether oxygens (including phenoxy) is 2. The summed E-state index contributed by atoms with van der Waals surface area (Å²) < 4.78 is 10.5. The summed E-state index contributed by atoms with van der Waals surface area (Å²) in [5, 5.41) is 2.47. The van der Waals surface area contributed by atoms with Gasteiger partial charge in [-0.1, -0.05) is 0 Å². The Morgan fingerprint density at radius 2 is 1.72 bits per heavy atom. The fourth-order valence-corrected chi connectivity index (χ4v) is 1.89. The molecule has 0 aliphatic heterocycles. The molecule has 0 radical (unpaired) electrons. The maximum atomic E-state index is 12.4. The third-order valence-electron chi connectivity index (χ3n) is 2.81. The third kappa shape index (κ3) is 7.82. The topological polar surface area (TPSA) is 110 Å². The standard InChI is InChI=1S/C17H27N3O5/c1-10-18-9-11(13(21)19-10)8-12(14(22)24-16(2,3)4)20-15(23)25-17(5,6)7/h9,12H,8H2,1-7H3,(H,20,23)(H,18,19,21)/t12-/m0/s1. The summed E-state index contributed by atoms with van der Waals surface area (Å²) in [4.78, 5) is 43.0. The lowest BCUT2D eigenvalue weighted by atomic mass is 10.1. The summed E-state index contributed by atoms with van der Waals surface area (Å²) >= 11 is 0. The number of nitrogens with zero attached hydrogens (tertiary/aromatic N) is 1. The Kier molecular flexibility index (Phi) is 6.34. The van der Waals surface area contributed by atoms with Crippen LogP contribution in [-0.2, 0) is 20.7 Å². The number of carbonyl (C=O) groups excluding carboxylic acids is 2. The average Bonchev–Trinajstić information content (AvgIpc) is 2.36. The highest BCUT2D eigenvalue weighted by atomic mass is 16.6. The van der Waals surface area contributed by atoms with E-state index in [1.54, 1.807) is 48.5 Å². The van der Waals surface area contributed by atoms with Crippen molar-refractivity contribution in [2.75, 3.05) is 0 Å². The van der Waals surface area contributed by atoms with Gasteiger partial charge in [0.05, 0.1) is 0 Å². The van der Waals surface area contributed by atoms with Crippen molar-refractivity contribution in [3.8, 4) is 0 Å². The smallest absolute Gasteiger partial charge is 0.408 e. The minimum absolute atomic E-state index is 0.0588. The molecule has 0 aliphatic carbocycles. The number of alkyl carbamates (subject to hydrolysis) is 1. The molecule has 0 aromatic carbocycles. The number of aryl methyl sites for hydroxylation is 1. The molecule has 0 fully saturated rings. The maximum absolute atomic E-state index is 12.4. The molecule has 0 spiro atoms. The van der Waals surface area contributed by atoms with Gasteiger partial charge >= 0.3 is 12.1 Å². The highest BCUT2D eigenvalue weighted by Crippen LogP contribution is 2.12. The van der Waals surface area contributed by atoms with Crippen molar-refractivity contribution in [3.63, 3.8) is 0 Å². The van der Waals surface area contributed by atoms with Crippen molar-refractivity contribution in [1.82, 2.24) is 15.3 Å². The van der Waals surface area contributed by atoms with Crippen LogP contribution in [0.5, 0.6) is 0 Å². The van der Waals surface area contributed by atoms with Crippen molar-refractivity contribution < 1.29 is 19.1 Å². The van der Waals surface area contributed by atoms with Crippen LogP contribution in [0, 0.1) is 6.92 Å². The number of rotatable bonds is 4. The van der Waals surface area contributed by atoms with Crippen LogP contribution in [0.2, 0.25) is 0 Å². The van der Waals surface area contributed by atoms with Gasteiger partial charge in [-0.2, -0.15) is 0 Å². The Labute approximate surface area is 147 Å². The van der Waals surface area contributed by atoms with E-state index in [9.17, 15) is 14.4 Å². The summed E-state index contributed by atoms with van der Waals surface area (Å²) in [7, 11) is 0. The Morgan fingerprint density at radius 1 is 1.16 bits per heavy atom. The van der Waals surface area contributed by atoms with E-state index in [0.29, 0.717) is 5.82 Å². The van der Waals surface area contributed by atoms with Crippen molar-refractivity contribution in [2.24, 2.45) is 0 Å². The molecule has 2 N–H and O–H groups in total. The van der Waals surface area contributed by atoms with Crippen molar-refractivity contribution >= 4 is 12.1 Å². The molecule has 25 heavy (non-hydrogen) atoms. The summed E-state index contributed by atoms with van der Waals surface area (Å²) in [6.07, 6.45) is 0.555. The van der Waals surface area contributed by atoms with E-state index in [4.69, 9.17) is 9.47 Å². The molecule has 8 heteroatoms. The van der Waals surface area contributed by atoms with E-state index in [-0.39, 0.29) is 17.5 Å². The Morgan fingerprint density at radius 3 is 2.20 bits per heavy atom. The summed E-state index contributed by atoms with van der Waals surface area (Å²) in [6, 6.07) is -1.07. The van der Waals surface area contributed by atoms with E-state index in [0.717, 1.165) is 0 Å². The van der Waals surface area contributed by atoms with Crippen LogP contribution >= 0.6 is 0 Å². The lowest BCUT2D eigenvalue weighted by Gasteiger charge is -2.26. The molecule has 1 amide bonds. The lowest BCUT2D eigenvalue weighted by molar-refractivity contribution is -0.157. The largest absolute Gasteiger partial charge is 0.458 e. The minimum Gasteiger partial charge on any atom is -0.458 e. The van der Waals surface area contributed by atoms with Gasteiger partial charge in [0.15, 0.2) is 0 Å². The Bertz CT molecular complexity index is 683. The number of aromatic nitrogens is 2. The first-order chi connectivity index (χ1) is 11.3. The van der Waals surface area contributed by atoms with Gasteiger partial charge in [0.2, 0.25) is 0 Å². The molecule has 140 valence electrons. The van der Waals surface area contributed by atoms with Crippen LogP contribution in [0.15, 0.2) is 11.0 Å². The van der Waals surface area contributed by atoms with Gasteiger partial charge in [0.1, 0.15) is 23.1 Å². The van der Waals surface area contributed by atoms with E-state index in [1.165, 1.54) is 6.20 Å². The van der Waals surface area contributed by atoms with Crippen LogP contribution in [0.3, 0.4) is 0 Å². The number of amides is 1. The highest BCUT2D eigenvalue weighted by Gasteiger charge is 2.29. The van der Waals surface area contributed by atoms with Crippen molar-refractivity contribution in [2.45, 2.75) is 72.1 Å². The Balaban J connectivity index is 3.00. The first-order valence-electron chi connectivity index (χ1n) is 8.04. The normalized spacial score (nSPS) is 13.1. The van der Waals surface area contributed by atoms with Gasteiger partial charge in [-0.15, -0.1) is 0 Å². The number of carbonyl (C=O) groups is 2. The third-order valence-corrected chi connectivity index (χ3v) is 2.81. The first kappa shape index (κ1) is 20.7. The molecule has 1 atom stereocenters. The highest BCUT2D eigenvalue weighted by molar-refractivity contribution is 5.82. The maximum Gasteiger partial charge on any atom is 0.408 e. The predicted octanol–water partition coefficient (Wildman–Crippen LogP) is 1.86. The number of esters is 1. The predicted molar refractivity (Wildman–Crippen MR) is 92.3 cm³/mol. The number of H-pyrrole nitrogens is 1. The van der Waals surface area contributed by atoms with Gasteiger partial charge in [-0.05, 0) is 48.5 Å². The molecule has 8 nitrogen and oxygen atoms in total. The van der Waals surface area contributed by atoms with Crippen LogP contribution in [0.1, 0.15) is 52.9 Å². The zero-order valence-corrected chi connectivity index (χ0v) is 15.9. The minimum atomic E-state index is -1.07. The first-order valence-corrected chi connectivity index (χ1v) is 8.04. The van der Waals surface area contributed by atoms with Gasteiger partial charge < -0.3 is 19.8 Å². The zero-order valence-electron chi connectivity index (χ0n) is 15.9. The number of hydrogen-bond donors (Lipinski definition) is 2.